The molecule has 1 saturated heterocycles. The molecule has 7 heteroatoms. The highest BCUT2D eigenvalue weighted by molar-refractivity contribution is 5.80. The Bertz CT molecular complexity index is 1060. The fourth-order valence-electron chi connectivity index (χ4n) is 5.88. The van der Waals surface area contributed by atoms with Crippen LogP contribution in [-0.2, 0) is 14.3 Å². The first kappa shape index (κ1) is 23.4. The average molecular weight is 477 g/mol. The van der Waals surface area contributed by atoms with Gasteiger partial charge in [-0.25, -0.2) is 4.79 Å². The molecule has 35 heavy (non-hydrogen) atoms. The molecule has 2 fully saturated rings. The summed E-state index contributed by atoms with van der Waals surface area (Å²) in [5.74, 6) is -0.223. The number of amides is 2. The van der Waals surface area contributed by atoms with E-state index >= 15 is 0 Å². The third kappa shape index (κ3) is 5.04. The van der Waals surface area contributed by atoms with E-state index in [1.165, 1.54) is 22.3 Å². The first-order valence-electron chi connectivity index (χ1n) is 12.6. The molecule has 2 aromatic carbocycles. The molecule has 184 valence electrons. The van der Waals surface area contributed by atoms with Gasteiger partial charge < -0.3 is 20.1 Å². The zero-order chi connectivity index (χ0) is 24.4. The fraction of sp³-hybridized carbons (Fsp3) is 0.464. The molecule has 1 aliphatic heterocycles. The Morgan fingerprint density at radius 3 is 2.29 bits per heavy atom. The van der Waals surface area contributed by atoms with Crippen LogP contribution < -0.4 is 5.32 Å². The summed E-state index contributed by atoms with van der Waals surface area (Å²) in [6.45, 7) is 1.73. The summed E-state index contributed by atoms with van der Waals surface area (Å²) in [6.07, 6.45) is 3.47. The van der Waals surface area contributed by atoms with Gasteiger partial charge in [-0.2, -0.15) is 0 Å². The van der Waals surface area contributed by atoms with Crippen LogP contribution in [-0.4, -0.2) is 53.7 Å². The number of nitrogens with zero attached hydrogens (tertiary/aromatic N) is 1. The minimum atomic E-state index is -0.766. The van der Waals surface area contributed by atoms with Crippen molar-refractivity contribution in [1.29, 1.82) is 0 Å². The van der Waals surface area contributed by atoms with Crippen molar-refractivity contribution in [1.82, 2.24) is 10.2 Å². The molecular weight excluding hydrogens is 444 g/mol. The van der Waals surface area contributed by atoms with Crippen molar-refractivity contribution < 1.29 is 24.2 Å². The van der Waals surface area contributed by atoms with Gasteiger partial charge in [-0.15, -0.1) is 0 Å². The molecule has 2 amide bonds. The number of benzene rings is 2. The van der Waals surface area contributed by atoms with Crippen molar-refractivity contribution in [2.45, 2.75) is 50.5 Å². The maximum Gasteiger partial charge on any atom is 0.407 e. The quantitative estimate of drug-likeness (QED) is 0.589. The Morgan fingerprint density at radius 1 is 0.971 bits per heavy atom. The lowest BCUT2D eigenvalue weighted by atomic mass is 9.92. The van der Waals surface area contributed by atoms with E-state index in [1.54, 1.807) is 0 Å². The van der Waals surface area contributed by atoms with Gasteiger partial charge in [0.2, 0.25) is 5.91 Å². The SMILES string of the molecule is O=C(O)CCCC1CN(C(=O)[C@@H]2CC[C@H](NC(=O)OCC3c4ccccc4-c4ccccc43)C2)C1. The zero-order valence-electron chi connectivity index (χ0n) is 19.8. The molecule has 3 aliphatic rings. The molecule has 2 aliphatic carbocycles. The van der Waals surface area contributed by atoms with Crippen molar-refractivity contribution in [3.63, 3.8) is 0 Å². The lowest BCUT2D eigenvalue weighted by molar-refractivity contribution is -0.142. The van der Waals surface area contributed by atoms with Gasteiger partial charge in [-0.1, -0.05) is 48.5 Å². The van der Waals surface area contributed by atoms with Crippen LogP contribution in [0.3, 0.4) is 0 Å². The highest BCUT2D eigenvalue weighted by atomic mass is 16.5. The van der Waals surface area contributed by atoms with Crippen LogP contribution in [0.15, 0.2) is 48.5 Å². The zero-order valence-corrected chi connectivity index (χ0v) is 19.8. The van der Waals surface area contributed by atoms with Crippen molar-refractivity contribution >= 4 is 18.0 Å². The van der Waals surface area contributed by atoms with Gasteiger partial charge in [0.1, 0.15) is 6.61 Å². The molecule has 0 spiro atoms. The third-order valence-corrected chi connectivity index (χ3v) is 7.72. The smallest absolute Gasteiger partial charge is 0.407 e. The second-order valence-electron chi connectivity index (χ2n) is 10.1. The fourth-order valence-corrected chi connectivity index (χ4v) is 5.88. The largest absolute Gasteiger partial charge is 0.481 e. The van der Waals surface area contributed by atoms with E-state index in [0.717, 1.165) is 32.4 Å². The minimum absolute atomic E-state index is 0.0286. The van der Waals surface area contributed by atoms with Crippen LogP contribution in [0.25, 0.3) is 11.1 Å². The van der Waals surface area contributed by atoms with Crippen molar-refractivity contribution in [2.75, 3.05) is 19.7 Å². The number of fused-ring (bicyclic) bond motifs is 3. The van der Waals surface area contributed by atoms with Crippen LogP contribution >= 0.6 is 0 Å². The molecule has 0 aromatic heterocycles. The first-order valence-corrected chi connectivity index (χ1v) is 12.6. The molecule has 2 aromatic rings. The molecule has 1 heterocycles. The number of alkyl carbamates (subject to hydrolysis) is 1. The van der Waals surface area contributed by atoms with Crippen LogP contribution in [0.5, 0.6) is 0 Å². The second kappa shape index (κ2) is 10.1. The molecular formula is C28H32N2O5. The van der Waals surface area contributed by atoms with Gasteiger partial charge >= 0.3 is 12.1 Å². The van der Waals surface area contributed by atoms with Gasteiger partial charge in [0.05, 0.1) is 0 Å². The second-order valence-corrected chi connectivity index (χ2v) is 10.1. The van der Waals surface area contributed by atoms with E-state index in [0.29, 0.717) is 18.8 Å². The number of nitrogens with one attached hydrogen (secondary N) is 1. The van der Waals surface area contributed by atoms with E-state index in [2.05, 4.69) is 29.6 Å². The van der Waals surface area contributed by atoms with Gasteiger partial charge in [-0.05, 0) is 60.3 Å². The summed E-state index contributed by atoms with van der Waals surface area (Å²) in [6, 6.07) is 16.5. The van der Waals surface area contributed by atoms with Gasteiger partial charge in [0, 0.05) is 37.4 Å². The Kier molecular flexibility index (Phi) is 6.75. The van der Waals surface area contributed by atoms with Gasteiger partial charge in [-0.3, -0.25) is 9.59 Å². The van der Waals surface area contributed by atoms with Crippen molar-refractivity contribution in [2.24, 2.45) is 11.8 Å². The number of rotatable bonds is 8. The van der Waals surface area contributed by atoms with Crippen LogP contribution in [0, 0.1) is 11.8 Å². The number of hydrogen-bond donors (Lipinski definition) is 2. The molecule has 5 rings (SSSR count). The Labute approximate surface area is 205 Å². The summed E-state index contributed by atoms with van der Waals surface area (Å²) < 4.78 is 5.66. The number of hydrogen-bond acceptors (Lipinski definition) is 4. The molecule has 0 unspecified atom stereocenters. The summed E-state index contributed by atoms with van der Waals surface area (Å²) in [5, 5.41) is 11.7. The number of carbonyl (C=O) groups excluding carboxylic acids is 2. The normalized spacial score (nSPS) is 21.2. The lowest BCUT2D eigenvalue weighted by Gasteiger charge is -2.40. The average Bonchev–Trinajstić information content (AvgIpc) is 3.41. The molecule has 0 radical (unpaired) electrons. The summed E-state index contributed by atoms with van der Waals surface area (Å²) in [4.78, 5) is 37.9. The van der Waals surface area contributed by atoms with E-state index in [-0.39, 0.29) is 36.8 Å². The highest BCUT2D eigenvalue weighted by Crippen LogP contribution is 2.44. The minimum Gasteiger partial charge on any atom is -0.481 e. The standard InChI is InChI=1S/C28H32N2O5/c31-26(32)11-5-6-18-15-30(16-18)27(33)19-12-13-20(14-19)29-28(34)35-17-25-23-9-3-1-7-21(23)22-8-2-4-10-24(22)25/h1-4,7-10,18-20,25H,5-6,11-17H2,(H,29,34)(H,31,32)/t19-,20+/m1/s1. The predicted molar refractivity (Wildman–Crippen MR) is 131 cm³/mol. The molecule has 1 saturated carbocycles. The maximum absolute atomic E-state index is 12.8. The van der Waals surface area contributed by atoms with E-state index in [9.17, 15) is 14.4 Å². The number of carboxylic acids is 1. The summed E-state index contributed by atoms with van der Waals surface area (Å²) >= 11 is 0. The van der Waals surface area contributed by atoms with Crippen molar-refractivity contribution in [3.05, 3.63) is 59.7 Å². The number of carboxylic acid groups (broad SMARTS) is 1. The molecule has 0 bridgehead atoms. The monoisotopic (exact) mass is 476 g/mol. The van der Waals surface area contributed by atoms with Crippen molar-refractivity contribution in [3.8, 4) is 11.1 Å². The van der Waals surface area contributed by atoms with Crippen LogP contribution in [0.2, 0.25) is 0 Å². The summed E-state index contributed by atoms with van der Waals surface area (Å²) in [5.41, 5.74) is 4.77. The molecule has 7 nitrogen and oxygen atoms in total. The third-order valence-electron chi connectivity index (χ3n) is 7.72. The maximum atomic E-state index is 12.8. The molecule has 2 N–H and O–H groups in total. The van der Waals surface area contributed by atoms with E-state index in [4.69, 9.17) is 9.84 Å². The number of aliphatic carboxylic acids is 1. The Balaban J connectivity index is 1.07. The van der Waals surface area contributed by atoms with Gasteiger partial charge in [0.25, 0.3) is 0 Å². The number of likely N-dealkylation sites (tertiary alicyclic amines) is 1. The topological polar surface area (TPSA) is 95.9 Å². The van der Waals surface area contributed by atoms with Gasteiger partial charge in [0.15, 0.2) is 0 Å². The molecule has 2 atom stereocenters. The first-order chi connectivity index (χ1) is 17.0. The van der Waals surface area contributed by atoms with Crippen LogP contribution in [0.4, 0.5) is 4.79 Å². The lowest BCUT2D eigenvalue weighted by Crippen LogP contribution is -2.51. The Hall–Kier alpha value is -3.35. The van der Waals surface area contributed by atoms with E-state index < -0.39 is 12.1 Å². The predicted octanol–water partition coefficient (Wildman–Crippen LogP) is 4.41. The van der Waals surface area contributed by atoms with E-state index in [1.807, 2.05) is 29.2 Å². The Morgan fingerprint density at radius 2 is 1.63 bits per heavy atom. The number of ether oxygens (including phenoxy) is 1. The summed E-state index contributed by atoms with van der Waals surface area (Å²) in [7, 11) is 0. The highest BCUT2D eigenvalue weighted by Gasteiger charge is 2.38. The number of carbonyl (C=O) groups is 3. The van der Waals surface area contributed by atoms with Crippen LogP contribution in [0.1, 0.15) is 55.6 Å².